The molecule has 0 amide bonds. The van der Waals surface area contributed by atoms with Crippen molar-refractivity contribution < 1.29 is 4.79 Å². The molecule has 154 valence electrons. The maximum atomic E-state index is 13.2. The number of nitrogens with zero attached hydrogens (tertiary/aromatic N) is 2. The Balaban J connectivity index is 1.97. The van der Waals surface area contributed by atoms with Gasteiger partial charge in [-0.25, -0.2) is 0 Å². The van der Waals surface area contributed by atoms with Gasteiger partial charge in [0.15, 0.2) is 5.78 Å². The standard InChI is InChI=1S/C22H19Cl2N3OS2/c1-2-29-18-6-7-30-21(18)19-15(11-25)22(26)27(14-9-12(23)8-13(24)10-14)16-4-3-5-17(28)20(16)19/h6-10,19H,2-5,26H2,1H3/t19-/m1/s1. The first-order chi connectivity index (χ1) is 14.5. The van der Waals surface area contributed by atoms with Crippen LogP contribution in [0.3, 0.4) is 0 Å². The van der Waals surface area contributed by atoms with Crippen LogP contribution in [0.25, 0.3) is 0 Å². The van der Waals surface area contributed by atoms with Crippen LogP contribution in [-0.2, 0) is 4.79 Å². The number of nitrogens with two attached hydrogens (primary N) is 1. The van der Waals surface area contributed by atoms with Gasteiger partial charge < -0.3 is 5.73 Å². The third-order valence-corrected chi connectivity index (χ3v) is 7.74. The van der Waals surface area contributed by atoms with Crippen molar-refractivity contribution in [1.29, 1.82) is 5.26 Å². The van der Waals surface area contributed by atoms with Gasteiger partial charge >= 0.3 is 0 Å². The van der Waals surface area contributed by atoms with Gasteiger partial charge in [0.25, 0.3) is 0 Å². The summed E-state index contributed by atoms with van der Waals surface area (Å²) in [6, 6.07) is 9.50. The summed E-state index contributed by atoms with van der Waals surface area (Å²) in [5.41, 5.74) is 9.15. The van der Waals surface area contributed by atoms with Crippen molar-refractivity contribution in [3.05, 3.63) is 67.2 Å². The van der Waals surface area contributed by atoms with Crippen LogP contribution >= 0.6 is 46.3 Å². The number of carbonyl (C=O) groups excluding carboxylic acids is 1. The molecule has 1 atom stereocenters. The number of Topliss-reactive ketones (excluding diaryl/α,β-unsaturated/α-hetero) is 1. The van der Waals surface area contributed by atoms with Crippen LogP contribution in [0.4, 0.5) is 5.69 Å². The molecule has 0 saturated carbocycles. The van der Waals surface area contributed by atoms with Gasteiger partial charge in [0.2, 0.25) is 0 Å². The highest BCUT2D eigenvalue weighted by Gasteiger charge is 2.41. The first-order valence-electron chi connectivity index (χ1n) is 9.58. The van der Waals surface area contributed by atoms with Crippen LogP contribution in [0.2, 0.25) is 10.0 Å². The predicted molar refractivity (Wildman–Crippen MR) is 125 cm³/mol. The van der Waals surface area contributed by atoms with Crippen molar-refractivity contribution in [1.82, 2.24) is 0 Å². The molecule has 4 nitrogen and oxygen atoms in total. The minimum absolute atomic E-state index is 0.0699. The van der Waals surface area contributed by atoms with Gasteiger partial charge in [-0.3, -0.25) is 9.69 Å². The van der Waals surface area contributed by atoms with E-state index in [1.165, 1.54) is 0 Å². The van der Waals surface area contributed by atoms with E-state index in [1.54, 1.807) is 46.2 Å². The van der Waals surface area contributed by atoms with Crippen molar-refractivity contribution in [2.45, 2.75) is 37.0 Å². The van der Waals surface area contributed by atoms with E-state index < -0.39 is 5.92 Å². The monoisotopic (exact) mass is 475 g/mol. The molecule has 0 saturated heterocycles. The van der Waals surface area contributed by atoms with Gasteiger partial charge in [0.1, 0.15) is 5.82 Å². The van der Waals surface area contributed by atoms with Crippen LogP contribution in [0.15, 0.2) is 57.2 Å². The summed E-state index contributed by atoms with van der Waals surface area (Å²) in [4.78, 5) is 17.1. The Hall–Kier alpha value is -1.91. The SMILES string of the molecule is CCSc1ccsc1[C@@H]1C(C#N)=C(N)N(c2cc(Cl)cc(Cl)c2)C2=C1C(=O)CCC2. The number of rotatable bonds is 4. The zero-order valence-electron chi connectivity index (χ0n) is 16.2. The van der Waals surface area contributed by atoms with E-state index in [2.05, 4.69) is 19.1 Å². The molecule has 1 aromatic carbocycles. The Morgan fingerprint density at radius 2 is 2.03 bits per heavy atom. The molecule has 0 fully saturated rings. The molecule has 0 unspecified atom stereocenters. The molecule has 0 spiro atoms. The highest BCUT2D eigenvalue weighted by Crippen LogP contribution is 2.49. The first kappa shape index (κ1) is 21.3. The van der Waals surface area contributed by atoms with Crippen LogP contribution in [0, 0.1) is 11.3 Å². The minimum atomic E-state index is -0.433. The Labute approximate surface area is 194 Å². The summed E-state index contributed by atoms with van der Waals surface area (Å²) in [7, 11) is 0. The molecule has 2 N–H and O–H groups in total. The second-order valence-corrected chi connectivity index (χ2v) is 10.2. The summed E-state index contributed by atoms with van der Waals surface area (Å²) >= 11 is 15.8. The predicted octanol–water partition coefficient (Wildman–Crippen LogP) is 6.47. The Kier molecular flexibility index (Phi) is 6.17. The number of ketones is 1. The van der Waals surface area contributed by atoms with Gasteiger partial charge in [0.05, 0.1) is 23.2 Å². The Morgan fingerprint density at radius 3 is 2.70 bits per heavy atom. The fourth-order valence-electron chi connectivity index (χ4n) is 4.11. The molecule has 1 aliphatic heterocycles. The quantitative estimate of drug-likeness (QED) is 0.512. The summed E-state index contributed by atoms with van der Waals surface area (Å²) in [5.74, 6) is 0.873. The van der Waals surface area contributed by atoms with Crippen LogP contribution in [0.1, 0.15) is 37.0 Å². The molecular formula is C22H19Cl2N3OS2. The highest BCUT2D eigenvalue weighted by atomic mass is 35.5. The molecule has 30 heavy (non-hydrogen) atoms. The van der Waals surface area contributed by atoms with E-state index in [9.17, 15) is 10.1 Å². The number of thioether (sulfide) groups is 1. The average molecular weight is 476 g/mol. The zero-order valence-corrected chi connectivity index (χ0v) is 19.4. The molecule has 2 aliphatic rings. The molecule has 2 aromatic rings. The van der Waals surface area contributed by atoms with E-state index in [1.807, 2.05) is 5.38 Å². The fourth-order valence-corrected chi connectivity index (χ4v) is 6.67. The van der Waals surface area contributed by atoms with Gasteiger partial charge in [-0.1, -0.05) is 30.1 Å². The second kappa shape index (κ2) is 8.68. The third-order valence-electron chi connectivity index (χ3n) is 5.24. The van der Waals surface area contributed by atoms with Crippen LogP contribution in [-0.4, -0.2) is 11.5 Å². The zero-order chi connectivity index (χ0) is 21.4. The lowest BCUT2D eigenvalue weighted by molar-refractivity contribution is -0.116. The maximum Gasteiger partial charge on any atom is 0.161 e. The maximum absolute atomic E-state index is 13.2. The molecule has 4 rings (SSSR count). The topological polar surface area (TPSA) is 70.1 Å². The lowest BCUT2D eigenvalue weighted by atomic mass is 9.78. The Bertz CT molecular complexity index is 1110. The molecule has 1 aliphatic carbocycles. The summed E-state index contributed by atoms with van der Waals surface area (Å²) < 4.78 is 0. The number of thiophene rings is 1. The molecule has 1 aromatic heterocycles. The lowest BCUT2D eigenvalue weighted by Gasteiger charge is -2.39. The van der Waals surface area contributed by atoms with Gasteiger partial charge in [-0.15, -0.1) is 23.1 Å². The van der Waals surface area contributed by atoms with E-state index in [0.29, 0.717) is 45.5 Å². The number of nitriles is 1. The number of hydrogen-bond donors (Lipinski definition) is 1. The van der Waals surface area contributed by atoms with Crippen molar-refractivity contribution in [2.24, 2.45) is 5.73 Å². The van der Waals surface area contributed by atoms with E-state index in [4.69, 9.17) is 28.9 Å². The van der Waals surface area contributed by atoms with Crippen molar-refractivity contribution in [2.75, 3.05) is 10.7 Å². The van der Waals surface area contributed by atoms with Crippen LogP contribution in [0.5, 0.6) is 0 Å². The second-order valence-electron chi connectivity index (χ2n) is 7.03. The minimum Gasteiger partial charge on any atom is -0.384 e. The van der Waals surface area contributed by atoms with Crippen molar-refractivity contribution >= 4 is 57.8 Å². The summed E-state index contributed by atoms with van der Waals surface area (Å²) in [5, 5.41) is 13.0. The van der Waals surface area contributed by atoms with Crippen molar-refractivity contribution in [3.63, 3.8) is 0 Å². The van der Waals surface area contributed by atoms with E-state index >= 15 is 0 Å². The lowest BCUT2D eigenvalue weighted by Crippen LogP contribution is -2.38. The third kappa shape index (κ3) is 3.65. The smallest absolute Gasteiger partial charge is 0.161 e. The molecule has 0 radical (unpaired) electrons. The molecule has 0 bridgehead atoms. The summed E-state index contributed by atoms with van der Waals surface area (Å²) in [6.07, 6.45) is 1.91. The average Bonchev–Trinajstić information content (AvgIpc) is 3.14. The molecule has 2 heterocycles. The largest absolute Gasteiger partial charge is 0.384 e. The van der Waals surface area contributed by atoms with Crippen molar-refractivity contribution in [3.8, 4) is 6.07 Å². The van der Waals surface area contributed by atoms with E-state index in [-0.39, 0.29) is 5.78 Å². The van der Waals surface area contributed by atoms with Crippen LogP contribution < -0.4 is 10.6 Å². The highest BCUT2D eigenvalue weighted by molar-refractivity contribution is 7.99. The van der Waals surface area contributed by atoms with E-state index in [0.717, 1.165) is 27.6 Å². The summed E-state index contributed by atoms with van der Waals surface area (Å²) in [6.45, 7) is 2.09. The van der Waals surface area contributed by atoms with Gasteiger partial charge in [0, 0.05) is 37.5 Å². The normalized spacial score (nSPS) is 19.2. The number of allylic oxidation sites excluding steroid dienone is 3. The number of carbonyl (C=O) groups is 1. The number of benzene rings is 1. The van der Waals surface area contributed by atoms with Gasteiger partial charge in [-0.2, -0.15) is 5.26 Å². The number of hydrogen-bond acceptors (Lipinski definition) is 6. The molecule has 8 heteroatoms. The van der Waals surface area contributed by atoms with Gasteiger partial charge in [-0.05, 0) is 48.2 Å². The number of anilines is 1. The molecular weight excluding hydrogens is 457 g/mol. The fraction of sp³-hybridized carbons (Fsp3) is 0.273. The number of halogens is 2. The first-order valence-corrected chi connectivity index (χ1v) is 12.2. The Morgan fingerprint density at radius 1 is 1.30 bits per heavy atom.